The number of halogens is 1. The Labute approximate surface area is 96.9 Å². The first-order valence-electron chi connectivity index (χ1n) is 4.41. The van der Waals surface area contributed by atoms with Crippen LogP contribution in [0.3, 0.4) is 0 Å². The van der Waals surface area contributed by atoms with Crippen LogP contribution in [-0.4, -0.2) is 23.6 Å². The molecule has 2 aromatic heterocycles. The van der Waals surface area contributed by atoms with Gasteiger partial charge >= 0.3 is 0 Å². The molecule has 0 amide bonds. The first-order chi connectivity index (χ1) is 7.56. The molecule has 5 nitrogen and oxygen atoms in total. The molecular formula is C9H8ClN3O2S. The Morgan fingerprint density at radius 3 is 2.81 bits per heavy atom. The Morgan fingerprint density at radius 1 is 1.38 bits per heavy atom. The summed E-state index contributed by atoms with van der Waals surface area (Å²) in [6.07, 6.45) is 4.71. The van der Waals surface area contributed by atoms with Gasteiger partial charge in [-0.25, -0.2) is 8.42 Å². The van der Waals surface area contributed by atoms with Gasteiger partial charge in [-0.3, -0.25) is 10.1 Å². The first kappa shape index (κ1) is 11.1. The molecule has 0 aliphatic carbocycles. The van der Waals surface area contributed by atoms with Crippen molar-refractivity contribution in [3.05, 3.63) is 36.3 Å². The normalized spacial score (nSPS) is 11.6. The largest absolute Gasteiger partial charge is 0.277 e. The summed E-state index contributed by atoms with van der Waals surface area (Å²) in [5.41, 5.74) is 1.93. The van der Waals surface area contributed by atoms with Crippen molar-refractivity contribution < 1.29 is 8.42 Å². The summed E-state index contributed by atoms with van der Waals surface area (Å²) in [7, 11) is 1.61. The molecule has 0 atom stereocenters. The minimum Gasteiger partial charge on any atom is -0.277 e. The predicted octanol–water partition coefficient (Wildman–Crippen LogP) is 1.54. The van der Waals surface area contributed by atoms with E-state index in [1.807, 2.05) is 6.07 Å². The van der Waals surface area contributed by atoms with Crippen LogP contribution >= 0.6 is 10.7 Å². The summed E-state index contributed by atoms with van der Waals surface area (Å²) < 4.78 is 22.0. The highest BCUT2D eigenvalue weighted by atomic mass is 35.7. The van der Waals surface area contributed by atoms with Gasteiger partial charge in [-0.1, -0.05) is 0 Å². The van der Waals surface area contributed by atoms with Crippen LogP contribution in [0.1, 0.15) is 5.56 Å². The van der Waals surface area contributed by atoms with Crippen LogP contribution < -0.4 is 0 Å². The number of nitrogens with zero attached hydrogens (tertiary/aromatic N) is 2. The minimum atomic E-state index is -3.59. The van der Waals surface area contributed by atoms with Gasteiger partial charge in [-0.05, 0) is 12.1 Å². The number of nitrogens with one attached hydrogen (secondary N) is 1. The smallest absolute Gasteiger partial charge is 0.236 e. The molecule has 0 aliphatic heterocycles. The fourth-order valence-electron chi connectivity index (χ4n) is 1.37. The van der Waals surface area contributed by atoms with Crippen LogP contribution in [0.15, 0.2) is 30.7 Å². The van der Waals surface area contributed by atoms with Gasteiger partial charge in [-0.15, -0.1) is 0 Å². The Balaban J connectivity index is 2.41. The van der Waals surface area contributed by atoms with E-state index in [-0.39, 0.29) is 5.75 Å². The van der Waals surface area contributed by atoms with Crippen LogP contribution in [0.4, 0.5) is 0 Å². The molecule has 2 heterocycles. The number of hydrogen-bond acceptors (Lipinski definition) is 4. The maximum Gasteiger partial charge on any atom is 0.236 e. The molecule has 0 saturated carbocycles. The van der Waals surface area contributed by atoms with Crippen LogP contribution in [-0.2, 0) is 14.8 Å². The van der Waals surface area contributed by atoms with Crippen LogP contribution in [0, 0.1) is 0 Å². The van der Waals surface area contributed by atoms with E-state index in [1.165, 1.54) is 6.20 Å². The third kappa shape index (κ3) is 2.59. The molecule has 16 heavy (non-hydrogen) atoms. The molecule has 0 fully saturated rings. The van der Waals surface area contributed by atoms with Gasteiger partial charge in [0.2, 0.25) is 9.05 Å². The molecule has 0 radical (unpaired) electrons. The lowest BCUT2D eigenvalue weighted by atomic mass is 10.1. The zero-order valence-electron chi connectivity index (χ0n) is 8.09. The van der Waals surface area contributed by atoms with Gasteiger partial charge < -0.3 is 0 Å². The third-order valence-corrected chi connectivity index (χ3v) is 2.98. The van der Waals surface area contributed by atoms with Crippen LogP contribution in [0.5, 0.6) is 0 Å². The van der Waals surface area contributed by atoms with Crippen molar-refractivity contribution in [2.24, 2.45) is 0 Å². The van der Waals surface area contributed by atoms with Gasteiger partial charge in [0.05, 0.1) is 17.6 Å². The van der Waals surface area contributed by atoms with Gasteiger partial charge in [-0.2, -0.15) is 5.10 Å². The summed E-state index contributed by atoms with van der Waals surface area (Å²) in [6.45, 7) is 0. The van der Waals surface area contributed by atoms with Crippen LogP contribution in [0.25, 0.3) is 11.3 Å². The van der Waals surface area contributed by atoms with Gasteiger partial charge in [0.15, 0.2) is 0 Å². The van der Waals surface area contributed by atoms with E-state index in [2.05, 4.69) is 15.2 Å². The number of rotatable bonds is 3. The van der Waals surface area contributed by atoms with Crippen molar-refractivity contribution in [3.63, 3.8) is 0 Å². The number of H-pyrrole nitrogens is 1. The van der Waals surface area contributed by atoms with E-state index in [1.54, 1.807) is 18.5 Å². The quantitative estimate of drug-likeness (QED) is 0.847. The Kier molecular flexibility index (Phi) is 2.93. The number of aromatic amines is 1. The molecular weight excluding hydrogens is 250 g/mol. The van der Waals surface area contributed by atoms with Crippen molar-refractivity contribution >= 4 is 19.7 Å². The van der Waals surface area contributed by atoms with Gasteiger partial charge in [0, 0.05) is 34.2 Å². The third-order valence-electron chi connectivity index (χ3n) is 2.00. The standard InChI is InChI=1S/C9H8ClN3O2S/c10-16(14,15)6-8-5-12-13-9(8)7-2-1-3-11-4-7/h1-5H,6H2,(H,12,13). The summed E-state index contributed by atoms with van der Waals surface area (Å²) >= 11 is 0. The summed E-state index contributed by atoms with van der Waals surface area (Å²) in [4.78, 5) is 3.95. The molecule has 0 unspecified atom stereocenters. The second-order valence-corrected chi connectivity index (χ2v) is 5.97. The maximum atomic E-state index is 11.0. The molecule has 0 aliphatic rings. The molecule has 7 heteroatoms. The highest BCUT2D eigenvalue weighted by molar-refractivity contribution is 8.13. The number of hydrogen-bond donors (Lipinski definition) is 1. The molecule has 84 valence electrons. The lowest BCUT2D eigenvalue weighted by Gasteiger charge is -2.00. The van der Waals surface area contributed by atoms with Crippen molar-refractivity contribution in [1.29, 1.82) is 0 Å². The van der Waals surface area contributed by atoms with E-state index >= 15 is 0 Å². The SMILES string of the molecule is O=S(=O)(Cl)Cc1cn[nH]c1-c1cccnc1. The van der Waals surface area contributed by atoms with E-state index in [0.717, 1.165) is 5.56 Å². The minimum absolute atomic E-state index is 0.255. The monoisotopic (exact) mass is 257 g/mol. The Hall–Kier alpha value is -1.40. The van der Waals surface area contributed by atoms with Crippen molar-refractivity contribution in [3.8, 4) is 11.3 Å². The van der Waals surface area contributed by atoms with E-state index < -0.39 is 9.05 Å². The summed E-state index contributed by atoms with van der Waals surface area (Å²) in [6, 6.07) is 3.57. The van der Waals surface area contributed by atoms with Gasteiger partial charge in [0.1, 0.15) is 0 Å². The van der Waals surface area contributed by atoms with E-state index in [9.17, 15) is 8.42 Å². The lowest BCUT2D eigenvalue weighted by Crippen LogP contribution is -1.95. The highest BCUT2D eigenvalue weighted by Gasteiger charge is 2.14. The maximum absolute atomic E-state index is 11.0. The van der Waals surface area contributed by atoms with Crippen LogP contribution in [0.2, 0.25) is 0 Å². The van der Waals surface area contributed by atoms with Crippen molar-refractivity contribution in [1.82, 2.24) is 15.2 Å². The van der Waals surface area contributed by atoms with Crippen molar-refractivity contribution in [2.45, 2.75) is 5.75 Å². The number of aromatic nitrogens is 3. The zero-order chi connectivity index (χ0) is 11.6. The van der Waals surface area contributed by atoms with E-state index in [0.29, 0.717) is 11.3 Å². The molecule has 0 aromatic carbocycles. The van der Waals surface area contributed by atoms with Crippen molar-refractivity contribution in [2.75, 3.05) is 0 Å². The second kappa shape index (κ2) is 4.23. The summed E-state index contributed by atoms with van der Waals surface area (Å²) in [5.74, 6) is -0.255. The molecule has 0 spiro atoms. The lowest BCUT2D eigenvalue weighted by molar-refractivity contribution is 0.609. The number of pyridine rings is 1. The highest BCUT2D eigenvalue weighted by Crippen LogP contribution is 2.22. The average molecular weight is 258 g/mol. The van der Waals surface area contributed by atoms with Gasteiger partial charge in [0.25, 0.3) is 0 Å². The molecule has 2 aromatic rings. The first-order valence-corrected chi connectivity index (χ1v) is 6.89. The topological polar surface area (TPSA) is 75.7 Å². The zero-order valence-corrected chi connectivity index (χ0v) is 9.66. The predicted molar refractivity (Wildman–Crippen MR) is 60.3 cm³/mol. The average Bonchev–Trinajstić information content (AvgIpc) is 2.64. The molecule has 1 N–H and O–H groups in total. The Bertz CT molecular complexity index is 580. The molecule has 0 saturated heterocycles. The molecule has 2 rings (SSSR count). The van der Waals surface area contributed by atoms with E-state index in [4.69, 9.17) is 10.7 Å². The fraction of sp³-hybridized carbons (Fsp3) is 0.111. The fourth-order valence-corrected chi connectivity index (χ4v) is 2.31. The summed E-state index contributed by atoms with van der Waals surface area (Å²) in [5, 5.41) is 6.54. The molecule has 0 bridgehead atoms. The Morgan fingerprint density at radius 2 is 2.19 bits per heavy atom. The second-order valence-electron chi connectivity index (χ2n) is 3.20.